The zero-order valence-corrected chi connectivity index (χ0v) is 25.3. The second-order valence-corrected chi connectivity index (χ2v) is 13.7. The maximum atomic E-state index is 15.4. The number of rotatable bonds is 8. The molecule has 2 aliphatic heterocycles. The number of halogens is 1. The van der Waals surface area contributed by atoms with E-state index in [0.717, 1.165) is 62.1 Å². The fraction of sp³-hybridized carbons (Fsp3) is 0.581. The monoisotopic (exact) mass is 570 g/mol. The largest absolute Gasteiger partial charge is 0.383 e. The van der Waals surface area contributed by atoms with Crippen molar-refractivity contribution in [2.45, 2.75) is 74.9 Å². The van der Waals surface area contributed by atoms with Crippen LogP contribution in [-0.4, -0.2) is 85.5 Å². The molecule has 2 saturated heterocycles. The minimum atomic E-state index is -3.27. The topological polar surface area (TPSA) is 67.7 Å². The molecule has 0 amide bonds. The van der Waals surface area contributed by atoms with Crippen molar-refractivity contribution < 1.29 is 17.5 Å². The normalized spacial score (nSPS) is 23.7. The lowest BCUT2D eigenvalue weighted by atomic mass is 9.85. The van der Waals surface area contributed by atoms with E-state index in [9.17, 15) is 8.42 Å². The third kappa shape index (κ3) is 5.84. The molecule has 7 nitrogen and oxygen atoms in total. The smallest absolute Gasteiger partial charge is 0.175 e. The lowest BCUT2D eigenvalue weighted by Crippen LogP contribution is -2.55. The van der Waals surface area contributed by atoms with E-state index in [1.807, 2.05) is 17.7 Å². The van der Waals surface area contributed by atoms with Crippen molar-refractivity contribution in [2.75, 3.05) is 39.6 Å². The number of likely N-dealkylation sites (tertiary alicyclic amines) is 2. The Morgan fingerprint density at radius 2 is 1.80 bits per heavy atom. The van der Waals surface area contributed by atoms with Gasteiger partial charge in [0.15, 0.2) is 9.84 Å². The maximum absolute atomic E-state index is 15.4. The molecule has 3 unspecified atom stereocenters. The van der Waals surface area contributed by atoms with Crippen LogP contribution in [-0.2, 0) is 21.6 Å². The Balaban J connectivity index is 1.30. The zero-order valence-electron chi connectivity index (χ0n) is 24.4. The molecule has 9 heteroatoms. The average molecular weight is 571 g/mol. The molecule has 0 saturated carbocycles. The van der Waals surface area contributed by atoms with E-state index in [2.05, 4.69) is 23.6 Å². The third-order valence-corrected chi connectivity index (χ3v) is 10.4. The fourth-order valence-corrected chi connectivity index (χ4v) is 7.59. The summed E-state index contributed by atoms with van der Waals surface area (Å²) >= 11 is 0. The molecule has 5 rings (SSSR count). The van der Waals surface area contributed by atoms with E-state index in [1.165, 1.54) is 19.1 Å². The quantitative estimate of drug-likeness (QED) is 0.369. The summed E-state index contributed by atoms with van der Waals surface area (Å²) in [5, 5.41) is 0. The number of fused-ring (bicyclic) bond motifs is 1. The highest BCUT2D eigenvalue weighted by Gasteiger charge is 2.36. The predicted octanol–water partition coefficient (Wildman–Crippen LogP) is 5.24. The van der Waals surface area contributed by atoms with Gasteiger partial charge in [-0.05, 0) is 93.9 Å². The van der Waals surface area contributed by atoms with Crippen LogP contribution in [0.3, 0.4) is 0 Å². The number of piperidine rings is 2. The number of nitrogens with zero attached hydrogens (tertiary/aromatic N) is 4. The lowest BCUT2D eigenvalue weighted by Gasteiger charge is -2.48. The van der Waals surface area contributed by atoms with Gasteiger partial charge in [-0.3, -0.25) is 4.90 Å². The molecule has 3 atom stereocenters. The molecule has 0 N–H and O–H groups in total. The van der Waals surface area contributed by atoms with Crippen LogP contribution >= 0.6 is 0 Å². The number of aryl methyl sites for hydroxylation is 1. The van der Waals surface area contributed by atoms with Gasteiger partial charge in [-0.2, -0.15) is 0 Å². The van der Waals surface area contributed by atoms with Crippen molar-refractivity contribution in [1.29, 1.82) is 0 Å². The molecule has 2 aromatic carbocycles. The summed E-state index contributed by atoms with van der Waals surface area (Å²) in [6, 6.07) is 12.0. The number of ether oxygens (including phenoxy) is 1. The Morgan fingerprint density at radius 3 is 2.42 bits per heavy atom. The summed E-state index contributed by atoms with van der Waals surface area (Å²) in [5.41, 5.74) is 3.09. The number of hydrogen-bond donors (Lipinski definition) is 0. The van der Waals surface area contributed by atoms with E-state index in [1.54, 1.807) is 37.4 Å². The van der Waals surface area contributed by atoms with Crippen molar-refractivity contribution in [1.82, 2.24) is 19.4 Å². The van der Waals surface area contributed by atoms with Crippen molar-refractivity contribution >= 4 is 20.9 Å². The Morgan fingerprint density at radius 1 is 1.10 bits per heavy atom. The number of imidazole rings is 1. The standard InChI is InChI=1S/C31H43FN4O3S/c1-6-24-18-25(17-21(2)36(24)15-16-39-4)35-13-11-22(12-14-35)27-19-30-29(20-28(27)32)33-31(34(30)3)23-7-9-26(10-8-23)40(5,37)38/h7-10,19-22,24-25H,6,11-18H2,1-5H3. The van der Waals surface area contributed by atoms with Gasteiger partial charge in [-0.1, -0.05) is 6.92 Å². The summed E-state index contributed by atoms with van der Waals surface area (Å²) in [4.78, 5) is 10.2. The second-order valence-electron chi connectivity index (χ2n) is 11.7. The maximum Gasteiger partial charge on any atom is 0.175 e. The number of benzene rings is 2. The molecular weight excluding hydrogens is 527 g/mol. The fourth-order valence-electron chi connectivity index (χ4n) is 6.96. The van der Waals surface area contributed by atoms with Gasteiger partial charge < -0.3 is 14.2 Å². The summed E-state index contributed by atoms with van der Waals surface area (Å²) < 4.78 is 46.5. The van der Waals surface area contributed by atoms with Crippen molar-refractivity contribution in [3.63, 3.8) is 0 Å². The molecule has 0 spiro atoms. The molecular formula is C31H43FN4O3S. The minimum Gasteiger partial charge on any atom is -0.383 e. The van der Waals surface area contributed by atoms with Gasteiger partial charge in [0.1, 0.15) is 11.6 Å². The average Bonchev–Trinajstić information content (AvgIpc) is 3.26. The van der Waals surface area contributed by atoms with Gasteiger partial charge in [0.25, 0.3) is 0 Å². The number of aromatic nitrogens is 2. The highest BCUT2D eigenvalue weighted by molar-refractivity contribution is 7.90. The van der Waals surface area contributed by atoms with Gasteiger partial charge in [-0.25, -0.2) is 17.8 Å². The number of methoxy groups -OCH3 is 1. The van der Waals surface area contributed by atoms with Crippen LogP contribution in [0.25, 0.3) is 22.4 Å². The third-order valence-electron chi connectivity index (χ3n) is 9.24. The van der Waals surface area contributed by atoms with Crippen LogP contribution in [0.1, 0.15) is 57.4 Å². The van der Waals surface area contributed by atoms with Crippen LogP contribution < -0.4 is 0 Å². The molecule has 2 aliphatic rings. The highest BCUT2D eigenvalue weighted by atomic mass is 32.2. The van der Waals surface area contributed by atoms with E-state index in [0.29, 0.717) is 29.5 Å². The van der Waals surface area contributed by atoms with Crippen LogP contribution in [0.5, 0.6) is 0 Å². The second kappa shape index (κ2) is 11.9. The molecule has 0 aliphatic carbocycles. The van der Waals surface area contributed by atoms with Gasteiger partial charge in [-0.15, -0.1) is 0 Å². The van der Waals surface area contributed by atoms with Crippen molar-refractivity contribution in [2.24, 2.45) is 7.05 Å². The van der Waals surface area contributed by atoms with Crippen molar-refractivity contribution in [3.05, 3.63) is 47.8 Å². The molecule has 3 heterocycles. The van der Waals surface area contributed by atoms with Crippen LogP contribution in [0.15, 0.2) is 41.3 Å². The SMILES string of the molecule is CCC1CC(N2CCC(c3cc4c(cc3F)nc(-c3ccc(S(C)(=O)=O)cc3)n4C)CC2)CC(C)N1CCOC. The first kappa shape index (κ1) is 29.2. The van der Waals surface area contributed by atoms with Crippen LogP contribution in [0.2, 0.25) is 0 Å². The molecule has 2 fully saturated rings. The Hall–Kier alpha value is -2.33. The zero-order chi connectivity index (χ0) is 28.6. The molecule has 40 heavy (non-hydrogen) atoms. The lowest BCUT2D eigenvalue weighted by molar-refractivity contribution is 0.00471. The first-order valence-electron chi connectivity index (χ1n) is 14.6. The molecule has 0 bridgehead atoms. The highest BCUT2D eigenvalue weighted by Crippen LogP contribution is 2.36. The summed E-state index contributed by atoms with van der Waals surface area (Å²) in [5.74, 6) is 0.696. The number of hydrogen-bond acceptors (Lipinski definition) is 6. The van der Waals surface area contributed by atoms with E-state index < -0.39 is 9.84 Å². The molecule has 0 radical (unpaired) electrons. The summed E-state index contributed by atoms with van der Waals surface area (Å²) in [7, 11) is 0.438. The van der Waals surface area contributed by atoms with Crippen LogP contribution in [0, 0.1) is 5.82 Å². The van der Waals surface area contributed by atoms with Crippen LogP contribution in [0.4, 0.5) is 4.39 Å². The summed E-state index contributed by atoms with van der Waals surface area (Å²) in [6.45, 7) is 8.41. The van der Waals surface area contributed by atoms with Gasteiger partial charge in [0.2, 0.25) is 0 Å². The Kier molecular flexibility index (Phi) is 8.66. The minimum absolute atomic E-state index is 0.186. The van der Waals surface area contributed by atoms with E-state index in [-0.39, 0.29) is 16.6 Å². The summed E-state index contributed by atoms with van der Waals surface area (Å²) in [6.07, 6.45) is 6.62. The molecule has 218 valence electrons. The van der Waals surface area contributed by atoms with Gasteiger partial charge in [0.05, 0.1) is 22.5 Å². The van der Waals surface area contributed by atoms with Crippen molar-refractivity contribution in [3.8, 4) is 11.4 Å². The van der Waals surface area contributed by atoms with E-state index in [4.69, 9.17) is 9.72 Å². The van der Waals surface area contributed by atoms with Gasteiger partial charge in [0, 0.05) is 56.7 Å². The molecule has 3 aromatic rings. The van der Waals surface area contributed by atoms with Gasteiger partial charge >= 0.3 is 0 Å². The predicted molar refractivity (Wildman–Crippen MR) is 158 cm³/mol. The first-order valence-corrected chi connectivity index (χ1v) is 16.4. The molecule has 1 aromatic heterocycles. The Labute approximate surface area is 238 Å². The first-order chi connectivity index (χ1) is 19.1. The van der Waals surface area contributed by atoms with E-state index >= 15 is 4.39 Å². The number of sulfone groups is 1. The Bertz CT molecular complexity index is 1430.